The number of phenolic OH excluding ortho intramolecular Hbond substituents is 2. The molecule has 0 aromatic heterocycles. The molecular weight excluding hydrogens is 608 g/mol. The third-order valence-corrected chi connectivity index (χ3v) is 6.86. The fourth-order valence-corrected chi connectivity index (χ4v) is 4.49. The Morgan fingerprint density at radius 2 is 0.553 bits per heavy atom. The highest BCUT2D eigenvalue weighted by atomic mass is 16.6. The van der Waals surface area contributed by atoms with E-state index in [4.69, 9.17) is 42.6 Å². The van der Waals surface area contributed by atoms with Gasteiger partial charge in [0.1, 0.15) is 13.2 Å². The second kappa shape index (κ2) is 22.0. The molecule has 0 aliphatic heterocycles. The van der Waals surface area contributed by atoms with Gasteiger partial charge in [0.05, 0.1) is 92.5 Å². The van der Waals surface area contributed by atoms with E-state index in [1.165, 1.54) is 0 Å². The summed E-state index contributed by atoms with van der Waals surface area (Å²) in [6.07, 6.45) is 0. The molecule has 0 saturated heterocycles. The van der Waals surface area contributed by atoms with Gasteiger partial charge in [0, 0.05) is 0 Å². The number of hydrogen-bond acceptors (Lipinski definition) is 11. The summed E-state index contributed by atoms with van der Waals surface area (Å²) < 4.78 is 49.8. The predicted molar refractivity (Wildman–Crippen MR) is 178 cm³/mol. The maximum Gasteiger partial charge on any atom is 0.161 e. The van der Waals surface area contributed by atoms with Gasteiger partial charge in [0.2, 0.25) is 0 Å². The van der Waals surface area contributed by atoms with E-state index in [0.717, 1.165) is 21.5 Å². The van der Waals surface area contributed by atoms with E-state index in [0.29, 0.717) is 117 Å². The smallest absolute Gasteiger partial charge is 0.161 e. The number of rotatable bonds is 26. The SMILES string of the molecule is Oc1cc2ccccc2cc1OCCOCCOCCOCCOCCOCCOCCOCCOc1cc2ccccc2cc1O. The molecule has 256 valence electrons. The Morgan fingerprint density at radius 1 is 0.319 bits per heavy atom. The third kappa shape index (κ3) is 13.9. The highest BCUT2D eigenvalue weighted by Gasteiger charge is 2.06. The Labute approximate surface area is 275 Å². The summed E-state index contributed by atoms with van der Waals surface area (Å²) in [5, 5.41) is 24.2. The summed E-state index contributed by atoms with van der Waals surface area (Å²) in [6, 6.07) is 22.6. The van der Waals surface area contributed by atoms with Gasteiger partial charge in [-0.25, -0.2) is 0 Å². The molecule has 0 fully saturated rings. The molecule has 0 heterocycles. The predicted octanol–water partition coefficient (Wildman–Crippen LogP) is 4.98. The molecule has 0 unspecified atom stereocenters. The summed E-state index contributed by atoms with van der Waals surface area (Å²) in [4.78, 5) is 0. The quantitative estimate of drug-likeness (QED) is 0.0892. The normalized spacial score (nSPS) is 11.4. The van der Waals surface area contributed by atoms with E-state index in [-0.39, 0.29) is 11.5 Å². The van der Waals surface area contributed by atoms with Gasteiger partial charge >= 0.3 is 0 Å². The maximum atomic E-state index is 10.1. The number of aromatic hydroxyl groups is 2. The van der Waals surface area contributed by atoms with Crippen LogP contribution in [0.5, 0.6) is 23.0 Å². The second-order valence-corrected chi connectivity index (χ2v) is 10.3. The largest absolute Gasteiger partial charge is 0.504 e. The van der Waals surface area contributed by atoms with Gasteiger partial charge in [-0.2, -0.15) is 0 Å². The Hall–Kier alpha value is -3.68. The van der Waals surface area contributed by atoms with Gasteiger partial charge in [0.15, 0.2) is 23.0 Å². The molecule has 0 saturated carbocycles. The van der Waals surface area contributed by atoms with E-state index < -0.39 is 0 Å². The average Bonchev–Trinajstić information content (AvgIpc) is 3.08. The average molecular weight is 655 g/mol. The van der Waals surface area contributed by atoms with Gasteiger partial charge in [-0.05, 0) is 45.8 Å². The van der Waals surface area contributed by atoms with Crippen molar-refractivity contribution in [1.29, 1.82) is 0 Å². The van der Waals surface area contributed by atoms with E-state index >= 15 is 0 Å². The molecule has 4 aromatic rings. The van der Waals surface area contributed by atoms with Crippen LogP contribution in [0.2, 0.25) is 0 Å². The number of ether oxygens (including phenoxy) is 9. The van der Waals surface area contributed by atoms with Crippen LogP contribution < -0.4 is 9.47 Å². The van der Waals surface area contributed by atoms with Crippen molar-refractivity contribution in [3.05, 3.63) is 72.8 Å². The van der Waals surface area contributed by atoms with Gasteiger partial charge in [-0.15, -0.1) is 0 Å². The molecule has 0 spiro atoms. The second-order valence-electron chi connectivity index (χ2n) is 10.3. The van der Waals surface area contributed by atoms with Crippen molar-refractivity contribution in [3.8, 4) is 23.0 Å². The van der Waals surface area contributed by atoms with Crippen LogP contribution in [-0.2, 0) is 33.2 Å². The minimum Gasteiger partial charge on any atom is -0.504 e. The molecule has 2 N–H and O–H groups in total. The molecule has 11 nitrogen and oxygen atoms in total. The lowest BCUT2D eigenvalue weighted by atomic mass is 10.1. The Balaban J connectivity index is 0.831. The van der Waals surface area contributed by atoms with Crippen LogP contribution in [0.15, 0.2) is 72.8 Å². The van der Waals surface area contributed by atoms with Crippen molar-refractivity contribution in [2.24, 2.45) is 0 Å². The summed E-state index contributed by atoms with van der Waals surface area (Å²) >= 11 is 0. The first-order valence-electron chi connectivity index (χ1n) is 15.9. The van der Waals surface area contributed by atoms with Crippen molar-refractivity contribution in [1.82, 2.24) is 0 Å². The molecule has 0 atom stereocenters. The van der Waals surface area contributed by atoms with Crippen LogP contribution >= 0.6 is 0 Å². The molecule has 4 aromatic carbocycles. The molecule has 0 aliphatic carbocycles. The van der Waals surface area contributed by atoms with Gasteiger partial charge in [-0.1, -0.05) is 48.5 Å². The molecule has 0 radical (unpaired) electrons. The lowest BCUT2D eigenvalue weighted by Crippen LogP contribution is -2.15. The van der Waals surface area contributed by atoms with E-state index in [2.05, 4.69) is 0 Å². The Kier molecular flexibility index (Phi) is 16.9. The van der Waals surface area contributed by atoms with Crippen molar-refractivity contribution in [3.63, 3.8) is 0 Å². The monoisotopic (exact) mass is 654 g/mol. The summed E-state index contributed by atoms with van der Waals surface area (Å²) in [6.45, 7) is 7.12. The Bertz CT molecular complexity index is 1320. The minimum atomic E-state index is 0.117. The fraction of sp³-hybridized carbons (Fsp3) is 0.444. The van der Waals surface area contributed by atoms with Crippen LogP contribution in [0, 0.1) is 0 Å². The van der Waals surface area contributed by atoms with Crippen LogP contribution in [0.1, 0.15) is 0 Å². The van der Waals surface area contributed by atoms with Gasteiger partial charge < -0.3 is 52.8 Å². The van der Waals surface area contributed by atoms with Crippen LogP contribution in [0.25, 0.3) is 21.5 Å². The molecule has 11 heteroatoms. The molecule has 0 aliphatic rings. The molecule has 47 heavy (non-hydrogen) atoms. The summed E-state index contributed by atoms with van der Waals surface area (Å²) in [5.74, 6) is 1.12. The topological polar surface area (TPSA) is 124 Å². The third-order valence-electron chi connectivity index (χ3n) is 6.86. The maximum absolute atomic E-state index is 10.1. The van der Waals surface area contributed by atoms with Crippen molar-refractivity contribution < 1.29 is 52.8 Å². The standard InChI is InChI=1S/C36H46O11/c37-33-25-29-5-1-3-7-31(29)27-35(33)46-23-21-44-19-17-42-15-13-40-11-9-39-10-12-41-14-16-43-18-20-45-22-24-47-36-28-32-8-4-2-6-30(32)26-34(36)38/h1-8,25-28,37-38H,9-24H2. The number of fused-ring (bicyclic) bond motifs is 2. The molecule has 0 bridgehead atoms. The number of phenols is 2. The minimum absolute atomic E-state index is 0.117. The molecule has 4 rings (SSSR count). The molecule has 0 amide bonds. The highest BCUT2D eigenvalue weighted by Crippen LogP contribution is 2.32. The zero-order chi connectivity index (χ0) is 32.8. The molecular formula is C36H46O11. The fourth-order valence-electron chi connectivity index (χ4n) is 4.49. The lowest BCUT2D eigenvalue weighted by Gasteiger charge is -2.10. The number of hydrogen-bond donors (Lipinski definition) is 2. The van der Waals surface area contributed by atoms with Crippen molar-refractivity contribution in [2.45, 2.75) is 0 Å². The van der Waals surface area contributed by atoms with Gasteiger partial charge in [-0.3, -0.25) is 0 Å². The van der Waals surface area contributed by atoms with E-state index in [1.54, 1.807) is 12.1 Å². The van der Waals surface area contributed by atoms with Crippen LogP contribution in [0.4, 0.5) is 0 Å². The first-order valence-corrected chi connectivity index (χ1v) is 15.9. The number of benzene rings is 4. The lowest BCUT2D eigenvalue weighted by molar-refractivity contribution is -0.0219. The van der Waals surface area contributed by atoms with Crippen LogP contribution in [0.3, 0.4) is 0 Å². The first kappa shape index (κ1) is 36.2. The van der Waals surface area contributed by atoms with Crippen LogP contribution in [-0.4, -0.2) is 116 Å². The van der Waals surface area contributed by atoms with E-state index in [9.17, 15) is 10.2 Å². The van der Waals surface area contributed by atoms with E-state index in [1.807, 2.05) is 60.7 Å². The first-order chi connectivity index (χ1) is 23.2. The van der Waals surface area contributed by atoms with Gasteiger partial charge in [0.25, 0.3) is 0 Å². The zero-order valence-corrected chi connectivity index (χ0v) is 26.8. The highest BCUT2D eigenvalue weighted by molar-refractivity contribution is 5.86. The van der Waals surface area contributed by atoms with Crippen molar-refractivity contribution in [2.75, 3.05) is 106 Å². The summed E-state index contributed by atoms with van der Waals surface area (Å²) in [7, 11) is 0. The Morgan fingerprint density at radius 3 is 0.830 bits per heavy atom. The summed E-state index contributed by atoms with van der Waals surface area (Å²) in [5.41, 5.74) is 0. The zero-order valence-electron chi connectivity index (χ0n) is 26.8. The van der Waals surface area contributed by atoms with Crippen molar-refractivity contribution >= 4 is 21.5 Å².